The molecule has 2 heterocycles. The smallest absolute Gasteiger partial charge is 0.243 e. The second kappa shape index (κ2) is 9.86. The zero-order chi connectivity index (χ0) is 22.6. The molecule has 1 aliphatic rings. The molecule has 3 rings (SSSR count). The standard InChI is InChI=1S/C22H27ClN4O3S/c1-16-7-5-10-19(23)21(16)31(29,30)25-20(11-14-26-12-6-9-18(26)15-24)22(28)27-13-4-3-8-17(27)2/h5-7,9-10,12,17,20,25H,3-4,8,11,13-14H2,1-2H3. The van der Waals surface area contributed by atoms with E-state index in [0.717, 1.165) is 19.3 Å². The Hall–Kier alpha value is -2.34. The van der Waals surface area contributed by atoms with Crippen LogP contribution in [0.5, 0.6) is 0 Å². The van der Waals surface area contributed by atoms with Gasteiger partial charge in [0.2, 0.25) is 15.9 Å². The molecule has 0 spiro atoms. The molecule has 1 aliphatic heterocycles. The van der Waals surface area contributed by atoms with Gasteiger partial charge in [0.1, 0.15) is 22.7 Å². The van der Waals surface area contributed by atoms with Gasteiger partial charge in [-0.15, -0.1) is 0 Å². The molecule has 1 fully saturated rings. The van der Waals surface area contributed by atoms with Gasteiger partial charge in [0.25, 0.3) is 0 Å². The van der Waals surface area contributed by atoms with Gasteiger partial charge in [-0.25, -0.2) is 8.42 Å². The third kappa shape index (κ3) is 5.29. The highest BCUT2D eigenvalue weighted by molar-refractivity contribution is 7.89. The summed E-state index contributed by atoms with van der Waals surface area (Å²) in [7, 11) is -4.03. The second-order valence-electron chi connectivity index (χ2n) is 7.92. The molecule has 9 heteroatoms. The maximum atomic E-state index is 13.4. The number of carbonyl (C=O) groups excluding carboxylic acids is 1. The zero-order valence-electron chi connectivity index (χ0n) is 17.7. The minimum atomic E-state index is -4.03. The first-order chi connectivity index (χ1) is 14.7. The van der Waals surface area contributed by atoms with Gasteiger partial charge in [0, 0.05) is 25.3 Å². The van der Waals surface area contributed by atoms with Crippen LogP contribution in [0.25, 0.3) is 0 Å². The molecule has 0 aliphatic carbocycles. The van der Waals surface area contributed by atoms with Gasteiger partial charge in [-0.05, 0) is 63.3 Å². The average molecular weight is 463 g/mol. The molecule has 2 aromatic rings. The lowest BCUT2D eigenvalue weighted by atomic mass is 10.0. The van der Waals surface area contributed by atoms with E-state index in [2.05, 4.69) is 10.8 Å². The summed E-state index contributed by atoms with van der Waals surface area (Å²) in [4.78, 5) is 15.1. The molecule has 31 heavy (non-hydrogen) atoms. The van der Waals surface area contributed by atoms with E-state index in [4.69, 9.17) is 11.6 Å². The van der Waals surface area contributed by atoms with Crippen molar-refractivity contribution in [1.82, 2.24) is 14.2 Å². The van der Waals surface area contributed by atoms with Gasteiger partial charge in [-0.2, -0.15) is 9.98 Å². The minimum Gasteiger partial charge on any atom is -0.339 e. The van der Waals surface area contributed by atoms with Gasteiger partial charge < -0.3 is 9.47 Å². The fraction of sp³-hybridized carbons (Fsp3) is 0.455. The lowest BCUT2D eigenvalue weighted by Gasteiger charge is -2.36. The number of piperidine rings is 1. The number of hydrogen-bond acceptors (Lipinski definition) is 4. The molecule has 2 unspecified atom stereocenters. The highest BCUT2D eigenvalue weighted by Gasteiger charge is 2.33. The summed E-state index contributed by atoms with van der Waals surface area (Å²) in [5.41, 5.74) is 0.970. The van der Waals surface area contributed by atoms with Crippen molar-refractivity contribution in [2.75, 3.05) is 6.54 Å². The predicted molar refractivity (Wildman–Crippen MR) is 119 cm³/mol. The van der Waals surface area contributed by atoms with E-state index in [1.807, 2.05) is 6.92 Å². The molecule has 0 radical (unpaired) electrons. The van der Waals surface area contributed by atoms with Gasteiger partial charge in [0.05, 0.1) is 5.02 Å². The highest BCUT2D eigenvalue weighted by Crippen LogP contribution is 2.26. The largest absolute Gasteiger partial charge is 0.339 e. The summed E-state index contributed by atoms with van der Waals surface area (Å²) in [5.74, 6) is -0.244. The number of carbonyl (C=O) groups is 1. The normalized spacial score (nSPS) is 17.9. The number of sulfonamides is 1. The monoisotopic (exact) mass is 462 g/mol. The van der Waals surface area contributed by atoms with Crippen molar-refractivity contribution < 1.29 is 13.2 Å². The third-order valence-electron chi connectivity index (χ3n) is 5.72. The summed E-state index contributed by atoms with van der Waals surface area (Å²) in [6.07, 6.45) is 4.81. The highest BCUT2D eigenvalue weighted by atomic mass is 35.5. The van der Waals surface area contributed by atoms with Crippen LogP contribution >= 0.6 is 11.6 Å². The zero-order valence-corrected chi connectivity index (χ0v) is 19.3. The number of nitrogens with one attached hydrogen (secondary N) is 1. The number of amides is 1. The number of nitrogens with zero attached hydrogens (tertiary/aromatic N) is 3. The van der Waals surface area contributed by atoms with Gasteiger partial charge in [-0.1, -0.05) is 23.7 Å². The van der Waals surface area contributed by atoms with Crippen LogP contribution in [-0.4, -0.2) is 42.4 Å². The number of aryl methyl sites for hydroxylation is 2. The summed E-state index contributed by atoms with van der Waals surface area (Å²) in [6, 6.07) is 9.49. The van der Waals surface area contributed by atoms with E-state index in [1.165, 1.54) is 6.07 Å². The molecule has 7 nitrogen and oxygen atoms in total. The molecule has 1 aromatic heterocycles. The van der Waals surface area contributed by atoms with Crippen molar-refractivity contribution in [2.45, 2.75) is 63.1 Å². The summed E-state index contributed by atoms with van der Waals surface area (Å²) < 4.78 is 30.8. The molecule has 166 valence electrons. The van der Waals surface area contributed by atoms with Crippen molar-refractivity contribution in [3.8, 4) is 6.07 Å². The third-order valence-corrected chi connectivity index (χ3v) is 7.82. The van der Waals surface area contributed by atoms with Crippen LogP contribution < -0.4 is 4.72 Å². The molecule has 1 N–H and O–H groups in total. The van der Waals surface area contributed by atoms with Crippen LogP contribution in [-0.2, 0) is 21.4 Å². The number of benzene rings is 1. The number of aromatic nitrogens is 1. The van der Waals surface area contributed by atoms with Gasteiger partial charge in [0.15, 0.2) is 0 Å². The first-order valence-corrected chi connectivity index (χ1v) is 12.2. The van der Waals surface area contributed by atoms with E-state index < -0.39 is 16.1 Å². The number of rotatable bonds is 7. The molecule has 2 atom stereocenters. The van der Waals surface area contributed by atoms with Crippen molar-refractivity contribution >= 4 is 27.5 Å². The Balaban J connectivity index is 1.89. The molecule has 0 saturated carbocycles. The molecule has 1 aromatic carbocycles. The summed E-state index contributed by atoms with van der Waals surface area (Å²) in [5, 5.41) is 9.36. The van der Waals surface area contributed by atoms with Crippen LogP contribution in [0.4, 0.5) is 0 Å². The fourth-order valence-electron chi connectivity index (χ4n) is 4.04. The molecule has 1 amide bonds. The first-order valence-electron chi connectivity index (χ1n) is 10.4. The maximum Gasteiger partial charge on any atom is 0.243 e. The van der Waals surface area contributed by atoms with Crippen LogP contribution in [0.15, 0.2) is 41.4 Å². The number of halogens is 1. The Morgan fingerprint density at radius 3 is 2.77 bits per heavy atom. The number of likely N-dealkylation sites (tertiary alicyclic amines) is 1. The molecule has 1 saturated heterocycles. The first kappa shape index (κ1) is 23.3. The topological polar surface area (TPSA) is 95.2 Å². The van der Waals surface area contributed by atoms with Crippen molar-refractivity contribution in [2.24, 2.45) is 0 Å². The Morgan fingerprint density at radius 2 is 2.10 bits per heavy atom. The van der Waals surface area contributed by atoms with Crippen molar-refractivity contribution in [1.29, 1.82) is 5.26 Å². The molecule has 0 bridgehead atoms. The van der Waals surface area contributed by atoms with Crippen molar-refractivity contribution in [3.63, 3.8) is 0 Å². The Labute approximate surface area is 188 Å². The maximum absolute atomic E-state index is 13.4. The Bertz CT molecular complexity index is 1070. The van der Waals surface area contributed by atoms with E-state index in [1.54, 1.807) is 46.9 Å². The van der Waals surface area contributed by atoms with E-state index in [-0.39, 0.29) is 28.3 Å². The SMILES string of the molecule is Cc1cccc(Cl)c1S(=O)(=O)NC(CCn1cccc1C#N)C(=O)N1CCCCC1C. The summed E-state index contributed by atoms with van der Waals surface area (Å²) >= 11 is 6.19. The van der Waals surface area contributed by atoms with E-state index in [9.17, 15) is 18.5 Å². The minimum absolute atomic E-state index is 0.0140. The number of nitriles is 1. The lowest BCUT2D eigenvalue weighted by Crippen LogP contribution is -2.53. The second-order valence-corrected chi connectivity index (χ2v) is 9.98. The van der Waals surface area contributed by atoms with E-state index in [0.29, 0.717) is 24.3 Å². The number of hydrogen-bond donors (Lipinski definition) is 1. The Kier molecular flexibility index (Phi) is 7.42. The van der Waals surface area contributed by atoms with Crippen molar-refractivity contribution in [3.05, 3.63) is 52.8 Å². The fourth-order valence-corrected chi connectivity index (χ4v) is 6.09. The van der Waals surface area contributed by atoms with Crippen LogP contribution in [0, 0.1) is 18.3 Å². The lowest BCUT2D eigenvalue weighted by molar-refractivity contribution is -0.136. The van der Waals surface area contributed by atoms with Gasteiger partial charge in [-0.3, -0.25) is 4.79 Å². The summed E-state index contributed by atoms with van der Waals surface area (Å²) in [6.45, 7) is 4.60. The van der Waals surface area contributed by atoms with E-state index >= 15 is 0 Å². The van der Waals surface area contributed by atoms with Crippen LogP contribution in [0.2, 0.25) is 5.02 Å². The Morgan fingerprint density at radius 1 is 1.32 bits per heavy atom. The predicted octanol–water partition coefficient (Wildman–Crippen LogP) is 3.46. The quantitative estimate of drug-likeness (QED) is 0.681. The van der Waals surface area contributed by atoms with Gasteiger partial charge >= 0.3 is 0 Å². The van der Waals surface area contributed by atoms with Crippen LogP contribution in [0.1, 0.15) is 43.9 Å². The molecular formula is C22H27ClN4O3S. The average Bonchev–Trinajstić information content (AvgIpc) is 3.18. The molecular weight excluding hydrogens is 436 g/mol. The van der Waals surface area contributed by atoms with Crippen LogP contribution in [0.3, 0.4) is 0 Å².